The molecule has 3 aliphatic rings. The Morgan fingerprint density at radius 2 is 1.50 bits per heavy atom. The number of hydrogen-bond donors (Lipinski definition) is 0. The van der Waals surface area contributed by atoms with E-state index in [0.717, 1.165) is 63.4 Å². The Hall–Kier alpha value is -3.60. The second kappa shape index (κ2) is 14.0. The van der Waals surface area contributed by atoms with Gasteiger partial charge in [-0.2, -0.15) is 0 Å². The Labute approximate surface area is 262 Å². The van der Waals surface area contributed by atoms with E-state index in [9.17, 15) is 0 Å². The molecule has 2 aliphatic carbocycles. The zero-order valence-corrected chi connectivity index (χ0v) is 25.6. The summed E-state index contributed by atoms with van der Waals surface area (Å²) in [5, 5.41) is 0. The second-order valence-electron chi connectivity index (χ2n) is 12.8. The van der Waals surface area contributed by atoms with E-state index in [2.05, 4.69) is 97.1 Å². The summed E-state index contributed by atoms with van der Waals surface area (Å²) in [7, 11) is 0. The molecule has 44 heavy (non-hydrogen) atoms. The third-order valence-corrected chi connectivity index (χ3v) is 9.76. The zero-order valence-electron chi connectivity index (χ0n) is 25.6. The standard InChI is InChI=1S/C40H44O4/c1-3-9-29(10-4-1)27-43-36-19-21-38-33(26-36)16-20-37(30-11-5-2-6-12-30)40(38)31-14-17-35(18-15-31)44-28-34-25-32(34)22-24-42-39-13-7-8-23-41-39/h1-6,9-12,14-15,17-19,21,26,32,34,37,39-40H,7-8,13,16,20,22-25,27-28H2/t32-,34+,37-,39?,40+/m1/s1. The van der Waals surface area contributed by atoms with Gasteiger partial charge in [0.25, 0.3) is 0 Å². The molecule has 0 bridgehead atoms. The minimum atomic E-state index is 0.0170. The highest BCUT2D eigenvalue weighted by Gasteiger charge is 2.37. The van der Waals surface area contributed by atoms with Crippen LogP contribution in [0.5, 0.6) is 11.5 Å². The van der Waals surface area contributed by atoms with Gasteiger partial charge in [0.15, 0.2) is 6.29 Å². The molecule has 1 heterocycles. The first-order chi connectivity index (χ1) is 21.8. The third-order valence-electron chi connectivity index (χ3n) is 9.76. The molecule has 4 heteroatoms. The first-order valence-electron chi connectivity index (χ1n) is 16.6. The molecule has 1 saturated heterocycles. The van der Waals surface area contributed by atoms with E-state index >= 15 is 0 Å². The van der Waals surface area contributed by atoms with Crippen molar-refractivity contribution >= 4 is 0 Å². The molecule has 0 radical (unpaired) electrons. The number of fused-ring (bicyclic) bond motifs is 1. The van der Waals surface area contributed by atoms with Crippen LogP contribution in [0.2, 0.25) is 0 Å². The minimum Gasteiger partial charge on any atom is -0.493 e. The molecule has 1 saturated carbocycles. The van der Waals surface area contributed by atoms with Crippen molar-refractivity contribution in [3.63, 3.8) is 0 Å². The van der Waals surface area contributed by atoms with E-state index in [1.54, 1.807) is 0 Å². The van der Waals surface area contributed by atoms with Crippen LogP contribution in [0.4, 0.5) is 0 Å². The molecular weight excluding hydrogens is 544 g/mol. The average molecular weight is 589 g/mol. The lowest BCUT2D eigenvalue weighted by atomic mass is 9.69. The van der Waals surface area contributed by atoms with Crippen molar-refractivity contribution in [2.24, 2.45) is 11.8 Å². The minimum absolute atomic E-state index is 0.0170. The van der Waals surface area contributed by atoms with Crippen molar-refractivity contribution in [2.75, 3.05) is 19.8 Å². The Balaban J connectivity index is 0.997. The number of hydrogen-bond acceptors (Lipinski definition) is 4. The smallest absolute Gasteiger partial charge is 0.157 e. The molecule has 2 fully saturated rings. The Bertz CT molecular complexity index is 1460. The van der Waals surface area contributed by atoms with Gasteiger partial charge in [-0.25, -0.2) is 0 Å². The van der Waals surface area contributed by atoms with Crippen LogP contribution in [0.15, 0.2) is 103 Å². The summed E-state index contributed by atoms with van der Waals surface area (Å²) in [6.07, 6.45) is 7.94. The van der Waals surface area contributed by atoms with Crippen LogP contribution in [0.25, 0.3) is 0 Å². The third kappa shape index (κ3) is 7.20. The van der Waals surface area contributed by atoms with E-state index in [1.165, 1.54) is 40.7 Å². The highest BCUT2D eigenvalue weighted by molar-refractivity contribution is 5.48. The van der Waals surface area contributed by atoms with Crippen molar-refractivity contribution in [1.29, 1.82) is 0 Å². The maximum Gasteiger partial charge on any atom is 0.157 e. The van der Waals surface area contributed by atoms with Crippen molar-refractivity contribution in [2.45, 2.75) is 69.7 Å². The lowest BCUT2D eigenvalue weighted by molar-refractivity contribution is -0.163. The molecule has 0 amide bonds. The van der Waals surface area contributed by atoms with Gasteiger partial charge < -0.3 is 18.9 Å². The molecule has 4 nitrogen and oxygen atoms in total. The van der Waals surface area contributed by atoms with Gasteiger partial charge in [0, 0.05) is 12.5 Å². The van der Waals surface area contributed by atoms with Crippen LogP contribution >= 0.6 is 0 Å². The van der Waals surface area contributed by atoms with Crippen LogP contribution in [0.1, 0.15) is 78.2 Å². The molecule has 1 aliphatic heterocycles. The van der Waals surface area contributed by atoms with Crippen LogP contribution in [-0.2, 0) is 22.5 Å². The average Bonchev–Trinajstić information content (AvgIpc) is 3.85. The summed E-state index contributed by atoms with van der Waals surface area (Å²) in [5.41, 5.74) is 6.74. The quantitative estimate of drug-likeness (QED) is 0.165. The van der Waals surface area contributed by atoms with Gasteiger partial charge in [-0.3, -0.25) is 0 Å². The SMILES string of the molecule is c1ccc(COc2ccc3c(c2)CC[C@H](c2ccccc2)[C@@H]3c2ccc(OC[C@@H]3C[C@H]3CCOC3CCCCO3)cc2)cc1. The van der Waals surface area contributed by atoms with Crippen LogP contribution in [-0.4, -0.2) is 26.1 Å². The van der Waals surface area contributed by atoms with E-state index in [0.29, 0.717) is 30.3 Å². The molecule has 4 aromatic carbocycles. The number of benzene rings is 4. The molecule has 5 atom stereocenters. The van der Waals surface area contributed by atoms with Crippen molar-refractivity contribution in [1.82, 2.24) is 0 Å². The van der Waals surface area contributed by atoms with Crippen molar-refractivity contribution in [3.8, 4) is 11.5 Å². The zero-order chi connectivity index (χ0) is 29.6. The number of rotatable bonds is 12. The summed E-state index contributed by atoms with van der Waals surface area (Å²) in [6, 6.07) is 37.0. The molecule has 1 unspecified atom stereocenters. The summed E-state index contributed by atoms with van der Waals surface area (Å²) >= 11 is 0. The lowest BCUT2D eigenvalue weighted by Gasteiger charge is -2.35. The molecule has 0 spiro atoms. The van der Waals surface area contributed by atoms with Crippen LogP contribution < -0.4 is 9.47 Å². The van der Waals surface area contributed by atoms with Crippen LogP contribution in [0.3, 0.4) is 0 Å². The Morgan fingerprint density at radius 3 is 2.30 bits per heavy atom. The summed E-state index contributed by atoms with van der Waals surface area (Å²) in [6.45, 7) is 3.01. The van der Waals surface area contributed by atoms with E-state index in [1.807, 2.05) is 6.07 Å². The summed E-state index contributed by atoms with van der Waals surface area (Å²) in [4.78, 5) is 0. The maximum absolute atomic E-state index is 6.28. The lowest BCUT2D eigenvalue weighted by Crippen LogP contribution is -2.22. The maximum atomic E-state index is 6.28. The largest absolute Gasteiger partial charge is 0.493 e. The van der Waals surface area contributed by atoms with Crippen molar-refractivity contribution < 1.29 is 18.9 Å². The summed E-state index contributed by atoms with van der Waals surface area (Å²) < 4.78 is 24.1. The predicted molar refractivity (Wildman–Crippen MR) is 174 cm³/mol. The van der Waals surface area contributed by atoms with Gasteiger partial charge in [0.05, 0.1) is 13.2 Å². The molecular formula is C40H44O4. The molecule has 228 valence electrons. The van der Waals surface area contributed by atoms with E-state index < -0.39 is 0 Å². The number of aryl methyl sites for hydroxylation is 1. The van der Waals surface area contributed by atoms with Crippen LogP contribution in [0, 0.1) is 11.8 Å². The molecule has 0 aromatic heterocycles. The highest BCUT2D eigenvalue weighted by atomic mass is 16.7. The molecule has 4 aromatic rings. The normalized spacial score (nSPS) is 24.3. The fourth-order valence-electron chi connectivity index (χ4n) is 7.13. The molecule has 7 rings (SSSR count). The van der Waals surface area contributed by atoms with E-state index in [-0.39, 0.29) is 6.29 Å². The topological polar surface area (TPSA) is 36.9 Å². The number of ether oxygens (including phenoxy) is 4. The first kappa shape index (κ1) is 29.1. The van der Waals surface area contributed by atoms with Gasteiger partial charge in [-0.15, -0.1) is 0 Å². The van der Waals surface area contributed by atoms with Gasteiger partial charge in [0.1, 0.15) is 18.1 Å². The van der Waals surface area contributed by atoms with Crippen molar-refractivity contribution in [3.05, 3.63) is 131 Å². The first-order valence-corrected chi connectivity index (χ1v) is 16.6. The van der Waals surface area contributed by atoms with Gasteiger partial charge in [0.2, 0.25) is 0 Å². The highest BCUT2D eigenvalue weighted by Crippen LogP contribution is 2.47. The van der Waals surface area contributed by atoms with Gasteiger partial charge >= 0.3 is 0 Å². The monoisotopic (exact) mass is 588 g/mol. The Morgan fingerprint density at radius 1 is 0.705 bits per heavy atom. The van der Waals surface area contributed by atoms with Gasteiger partial charge in [-0.1, -0.05) is 78.9 Å². The fourth-order valence-corrected chi connectivity index (χ4v) is 7.13. The Kier molecular flexibility index (Phi) is 9.27. The predicted octanol–water partition coefficient (Wildman–Crippen LogP) is 9.08. The van der Waals surface area contributed by atoms with Gasteiger partial charge in [-0.05, 0) is 115 Å². The fraction of sp³-hybridized carbons (Fsp3) is 0.400. The molecule has 0 N–H and O–H groups in total. The van der Waals surface area contributed by atoms with E-state index in [4.69, 9.17) is 18.9 Å². The summed E-state index contributed by atoms with van der Waals surface area (Å²) in [5.74, 6) is 3.98. The second-order valence-corrected chi connectivity index (χ2v) is 12.8.